The topological polar surface area (TPSA) is 47.3 Å². The quantitative estimate of drug-likeness (QED) is 0.752. The summed E-state index contributed by atoms with van der Waals surface area (Å²) in [5.41, 5.74) is 6.87. The summed E-state index contributed by atoms with van der Waals surface area (Å²) in [5.74, 6) is 0.871. The second-order valence-corrected chi connectivity index (χ2v) is 3.28. The molecule has 0 saturated heterocycles. The number of nitrogens with one attached hydrogen (secondary N) is 1. The van der Waals surface area contributed by atoms with Gasteiger partial charge in [0.1, 0.15) is 5.75 Å². The van der Waals surface area contributed by atoms with E-state index in [9.17, 15) is 0 Å². The third-order valence-corrected chi connectivity index (χ3v) is 2.18. The van der Waals surface area contributed by atoms with E-state index in [0.717, 1.165) is 24.4 Å². The van der Waals surface area contributed by atoms with Gasteiger partial charge in [-0.2, -0.15) is 0 Å². The molecule has 1 rings (SSSR count). The van der Waals surface area contributed by atoms with Crippen LogP contribution in [0.25, 0.3) is 0 Å². The van der Waals surface area contributed by atoms with Gasteiger partial charge in [0.15, 0.2) is 0 Å². The molecule has 0 spiro atoms. The Balaban J connectivity index is 2.43. The molecular formula is C11H18N2O. The summed E-state index contributed by atoms with van der Waals surface area (Å²) in [5, 5.41) is 3.27. The summed E-state index contributed by atoms with van der Waals surface area (Å²) in [4.78, 5) is 0. The van der Waals surface area contributed by atoms with Crippen LogP contribution in [0.1, 0.15) is 13.3 Å². The molecule has 0 fully saturated rings. The van der Waals surface area contributed by atoms with Gasteiger partial charge in [0.25, 0.3) is 0 Å². The van der Waals surface area contributed by atoms with Gasteiger partial charge in [0, 0.05) is 18.3 Å². The molecule has 0 aliphatic rings. The van der Waals surface area contributed by atoms with E-state index in [1.807, 2.05) is 24.3 Å². The Morgan fingerprint density at radius 3 is 2.50 bits per heavy atom. The van der Waals surface area contributed by atoms with Gasteiger partial charge in [0.2, 0.25) is 0 Å². The summed E-state index contributed by atoms with van der Waals surface area (Å²) in [6.45, 7) is 2.89. The van der Waals surface area contributed by atoms with Gasteiger partial charge in [0.05, 0.1) is 7.11 Å². The first kappa shape index (κ1) is 10.9. The van der Waals surface area contributed by atoms with Gasteiger partial charge in [-0.1, -0.05) is 6.92 Å². The fraction of sp³-hybridized carbons (Fsp3) is 0.455. The van der Waals surface area contributed by atoms with Crippen LogP contribution < -0.4 is 15.8 Å². The van der Waals surface area contributed by atoms with Crippen LogP contribution >= 0.6 is 0 Å². The monoisotopic (exact) mass is 194 g/mol. The second-order valence-electron chi connectivity index (χ2n) is 3.28. The van der Waals surface area contributed by atoms with E-state index in [-0.39, 0.29) is 6.04 Å². The number of methoxy groups -OCH3 is 1. The molecule has 0 aliphatic heterocycles. The van der Waals surface area contributed by atoms with Crippen LogP contribution in [0.15, 0.2) is 24.3 Å². The fourth-order valence-electron chi connectivity index (χ4n) is 1.10. The molecule has 1 aromatic carbocycles. The van der Waals surface area contributed by atoms with E-state index in [0.29, 0.717) is 0 Å². The smallest absolute Gasteiger partial charge is 0.119 e. The fourth-order valence-corrected chi connectivity index (χ4v) is 1.10. The molecule has 3 heteroatoms. The standard InChI is InChI=1S/C11H18N2O/c1-3-9(12)8-13-10-4-6-11(14-2)7-5-10/h4-7,9,13H,3,8,12H2,1-2H3. The minimum Gasteiger partial charge on any atom is -0.497 e. The molecule has 3 nitrogen and oxygen atoms in total. The lowest BCUT2D eigenvalue weighted by molar-refractivity contribution is 0.415. The van der Waals surface area contributed by atoms with Gasteiger partial charge < -0.3 is 15.8 Å². The molecule has 0 heterocycles. The maximum atomic E-state index is 5.79. The highest BCUT2D eigenvalue weighted by atomic mass is 16.5. The first-order valence-electron chi connectivity index (χ1n) is 4.89. The number of ether oxygens (including phenoxy) is 1. The van der Waals surface area contributed by atoms with Crippen LogP contribution in [0.4, 0.5) is 5.69 Å². The number of hydrogen-bond acceptors (Lipinski definition) is 3. The lowest BCUT2D eigenvalue weighted by atomic mass is 10.2. The lowest BCUT2D eigenvalue weighted by Gasteiger charge is -2.11. The highest BCUT2D eigenvalue weighted by Gasteiger charge is 1.98. The zero-order valence-corrected chi connectivity index (χ0v) is 8.79. The van der Waals surface area contributed by atoms with Crippen LogP contribution in [-0.4, -0.2) is 19.7 Å². The molecule has 0 aliphatic carbocycles. The van der Waals surface area contributed by atoms with Crippen molar-refractivity contribution < 1.29 is 4.74 Å². The van der Waals surface area contributed by atoms with Gasteiger partial charge in [-0.15, -0.1) is 0 Å². The van der Waals surface area contributed by atoms with E-state index < -0.39 is 0 Å². The van der Waals surface area contributed by atoms with Crippen molar-refractivity contribution in [3.8, 4) is 5.75 Å². The van der Waals surface area contributed by atoms with E-state index in [1.165, 1.54) is 0 Å². The van der Waals surface area contributed by atoms with Crippen molar-refractivity contribution in [3.05, 3.63) is 24.3 Å². The minimum absolute atomic E-state index is 0.220. The van der Waals surface area contributed by atoms with Gasteiger partial charge in [-0.25, -0.2) is 0 Å². The molecule has 0 radical (unpaired) electrons. The molecule has 0 bridgehead atoms. The Kier molecular flexibility index (Phi) is 4.26. The average Bonchev–Trinajstić information content (AvgIpc) is 2.26. The highest BCUT2D eigenvalue weighted by Crippen LogP contribution is 2.14. The number of nitrogens with two attached hydrogens (primary N) is 1. The largest absolute Gasteiger partial charge is 0.497 e. The molecule has 78 valence electrons. The van der Waals surface area contributed by atoms with Crippen LogP contribution in [0.2, 0.25) is 0 Å². The van der Waals surface area contributed by atoms with Crippen molar-refractivity contribution >= 4 is 5.69 Å². The van der Waals surface area contributed by atoms with Crippen molar-refractivity contribution in [1.82, 2.24) is 0 Å². The Morgan fingerprint density at radius 2 is 2.00 bits per heavy atom. The maximum absolute atomic E-state index is 5.79. The zero-order chi connectivity index (χ0) is 10.4. The number of rotatable bonds is 5. The molecule has 3 N–H and O–H groups in total. The maximum Gasteiger partial charge on any atom is 0.119 e. The summed E-state index contributed by atoms with van der Waals surface area (Å²) < 4.78 is 5.06. The second kappa shape index (κ2) is 5.50. The molecule has 14 heavy (non-hydrogen) atoms. The third kappa shape index (κ3) is 3.26. The van der Waals surface area contributed by atoms with Crippen LogP contribution in [-0.2, 0) is 0 Å². The number of anilines is 1. The third-order valence-electron chi connectivity index (χ3n) is 2.18. The van der Waals surface area contributed by atoms with Crippen molar-refractivity contribution in [3.63, 3.8) is 0 Å². The van der Waals surface area contributed by atoms with E-state index in [2.05, 4.69) is 12.2 Å². The van der Waals surface area contributed by atoms with E-state index in [4.69, 9.17) is 10.5 Å². The summed E-state index contributed by atoms with van der Waals surface area (Å²) in [6, 6.07) is 8.05. The number of benzene rings is 1. The minimum atomic E-state index is 0.220. The summed E-state index contributed by atoms with van der Waals surface area (Å²) in [6.07, 6.45) is 0.989. The Hall–Kier alpha value is -1.22. The van der Waals surface area contributed by atoms with Crippen molar-refractivity contribution in [2.24, 2.45) is 5.73 Å². The van der Waals surface area contributed by atoms with Crippen molar-refractivity contribution in [1.29, 1.82) is 0 Å². The van der Waals surface area contributed by atoms with Gasteiger partial charge in [-0.05, 0) is 30.7 Å². The zero-order valence-electron chi connectivity index (χ0n) is 8.79. The highest BCUT2D eigenvalue weighted by molar-refractivity contribution is 5.46. The molecule has 1 unspecified atom stereocenters. The SMILES string of the molecule is CCC(N)CNc1ccc(OC)cc1. The summed E-state index contributed by atoms with van der Waals surface area (Å²) >= 11 is 0. The van der Waals surface area contributed by atoms with Crippen LogP contribution in [0.3, 0.4) is 0 Å². The van der Waals surface area contributed by atoms with E-state index >= 15 is 0 Å². The average molecular weight is 194 g/mol. The van der Waals surface area contributed by atoms with E-state index in [1.54, 1.807) is 7.11 Å². The van der Waals surface area contributed by atoms with Gasteiger partial charge in [-0.3, -0.25) is 0 Å². The molecule has 1 atom stereocenters. The first-order valence-corrected chi connectivity index (χ1v) is 4.89. The Labute approximate surface area is 85.3 Å². The Morgan fingerprint density at radius 1 is 1.36 bits per heavy atom. The normalized spacial score (nSPS) is 12.2. The number of hydrogen-bond donors (Lipinski definition) is 2. The predicted octanol–water partition coefficient (Wildman–Crippen LogP) is 1.84. The van der Waals surface area contributed by atoms with Crippen LogP contribution in [0, 0.1) is 0 Å². The molecule has 0 saturated carbocycles. The van der Waals surface area contributed by atoms with Crippen LogP contribution in [0.5, 0.6) is 5.75 Å². The molecule has 0 amide bonds. The van der Waals surface area contributed by atoms with Crippen molar-refractivity contribution in [2.75, 3.05) is 19.0 Å². The predicted molar refractivity (Wildman–Crippen MR) is 59.8 cm³/mol. The molecule has 1 aromatic rings. The van der Waals surface area contributed by atoms with Gasteiger partial charge >= 0.3 is 0 Å². The first-order chi connectivity index (χ1) is 6.76. The lowest BCUT2D eigenvalue weighted by Crippen LogP contribution is -2.27. The summed E-state index contributed by atoms with van der Waals surface area (Å²) in [7, 11) is 1.66. The molecular weight excluding hydrogens is 176 g/mol. The Bertz CT molecular complexity index is 258. The molecule has 0 aromatic heterocycles. The van der Waals surface area contributed by atoms with Crippen molar-refractivity contribution in [2.45, 2.75) is 19.4 Å².